The number of halogens is 5. The molecule has 0 spiro atoms. The van der Waals surface area contributed by atoms with Gasteiger partial charge in [-0.1, -0.05) is 11.6 Å². The summed E-state index contributed by atoms with van der Waals surface area (Å²) >= 11 is 8.47. The summed E-state index contributed by atoms with van der Waals surface area (Å²) in [5.41, 5.74) is -1.14. The zero-order valence-corrected chi connectivity index (χ0v) is 15.5. The number of benzene rings is 2. The van der Waals surface area contributed by atoms with E-state index in [1.807, 2.05) is 0 Å². The summed E-state index contributed by atoms with van der Waals surface area (Å²) in [6.07, 6.45) is -4.72. The Morgan fingerprint density at radius 2 is 1.88 bits per heavy atom. The van der Waals surface area contributed by atoms with Gasteiger partial charge in [-0.15, -0.1) is 0 Å². The first-order valence-electron chi connectivity index (χ1n) is 6.42. The van der Waals surface area contributed by atoms with Crippen LogP contribution in [0.5, 0.6) is 11.5 Å². The molecule has 0 saturated carbocycles. The minimum Gasteiger partial charge on any atom is -0.506 e. The lowest BCUT2D eigenvalue weighted by molar-refractivity contribution is -0.138. The van der Waals surface area contributed by atoms with E-state index >= 15 is 0 Å². The van der Waals surface area contributed by atoms with Crippen molar-refractivity contribution < 1.29 is 31.4 Å². The molecule has 11 heteroatoms. The largest absolute Gasteiger partial charge is 0.506 e. The average molecular weight is 461 g/mol. The minimum absolute atomic E-state index is 0.0142. The predicted octanol–water partition coefficient (Wildman–Crippen LogP) is 4.64. The van der Waals surface area contributed by atoms with Crippen molar-refractivity contribution in [1.29, 1.82) is 0 Å². The Kier molecular flexibility index (Phi) is 5.45. The van der Waals surface area contributed by atoms with Gasteiger partial charge in [0, 0.05) is 16.6 Å². The van der Waals surface area contributed by atoms with Crippen molar-refractivity contribution in [3.05, 3.63) is 45.4 Å². The van der Waals surface area contributed by atoms with Gasteiger partial charge in [-0.05, 0) is 34.1 Å². The summed E-state index contributed by atoms with van der Waals surface area (Å²) in [5, 5.41) is 9.52. The van der Waals surface area contributed by atoms with Gasteiger partial charge in [0.15, 0.2) is 0 Å². The van der Waals surface area contributed by atoms with Gasteiger partial charge < -0.3 is 9.84 Å². The third-order valence-electron chi connectivity index (χ3n) is 3.05. The Bertz CT molecular complexity index is 919. The highest BCUT2D eigenvalue weighted by molar-refractivity contribution is 9.10. The molecule has 0 saturated heterocycles. The molecular weight excluding hydrogens is 451 g/mol. The summed E-state index contributed by atoms with van der Waals surface area (Å²) in [6.45, 7) is 0. The van der Waals surface area contributed by atoms with Crippen molar-refractivity contribution in [3.8, 4) is 11.5 Å². The molecule has 0 fully saturated rings. The number of phenols is 1. The van der Waals surface area contributed by atoms with E-state index in [1.165, 1.54) is 12.1 Å². The molecule has 0 aromatic heterocycles. The fraction of sp³-hybridized carbons (Fsp3) is 0.143. The Morgan fingerprint density at radius 3 is 2.40 bits per heavy atom. The highest BCUT2D eigenvalue weighted by atomic mass is 79.9. The van der Waals surface area contributed by atoms with Gasteiger partial charge in [0.05, 0.1) is 23.4 Å². The minimum atomic E-state index is -4.72. The molecule has 2 aromatic rings. The lowest BCUT2D eigenvalue weighted by atomic mass is 10.2. The molecule has 25 heavy (non-hydrogen) atoms. The number of aromatic hydroxyl groups is 1. The Hall–Kier alpha value is -1.65. The molecule has 0 radical (unpaired) electrons. The maximum absolute atomic E-state index is 13.0. The number of alkyl halides is 3. The molecule has 136 valence electrons. The van der Waals surface area contributed by atoms with Gasteiger partial charge in [0.1, 0.15) is 16.4 Å². The van der Waals surface area contributed by atoms with E-state index in [9.17, 15) is 26.7 Å². The first kappa shape index (κ1) is 19.7. The van der Waals surface area contributed by atoms with Gasteiger partial charge in [0.2, 0.25) is 0 Å². The molecule has 2 rings (SSSR count). The van der Waals surface area contributed by atoms with Gasteiger partial charge in [-0.2, -0.15) is 13.2 Å². The van der Waals surface area contributed by atoms with E-state index in [0.29, 0.717) is 6.07 Å². The number of anilines is 1. The lowest BCUT2D eigenvalue weighted by Gasteiger charge is -2.16. The van der Waals surface area contributed by atoms with Crippen molar-refractivity contribution in [2.45, 2.75) is 11.1 Å². The van der Waals surface area contributed by atoms with Gasteiger partial charge in [-0.3, -0.25) is 4.72 Å². The van der Waals surface area contributed by atoms with Crippen LogP contribution < -0.4 is 9.46 Å². The van der Waals surface area contributed by atoms with E-state index in [1.54, 1.807) is 0 Å². The number of rotatable bonds is 4. The maximum atomic E-state index is 13.0. The molecule has 0 aliphatic carbocycles. The standard InChI is InChI=1S/C14H10BrClF3NO4S/c1-24-12-6-13(9(15)5-8(12)14(17,18)19)25(22,23)20-7-2-3-10(16)11(21)4-7/h2-6,20-21H,1H3. The molecule has 0 aliphatic rings. The highest BCUT2D eigenvalue weighted by Crippen LogP contribution is 2.40. The van der Waals surface area contributed by atoms with Crippen LogP contribution in [0.4, 0.5) is 18.9 Å². The van der Waals surface area contributed by atoms with E-state index in [2.05, 4.69) is 25.4 Å². The quantitative estimate of drug-likeness (QED) is 0.697. The van der Waals surface area contributed by atoms with Crippen LogP contribution in [-0.4, -0.2) is 20.6 Å². The van der Waals surface area contributed by atoms with Gasteiger partial charge >= 0.3 is 6.18 Å². The summed E-state index contributed by atoms with van der Waals surface area (Å²) in [6, 6.07) is 4.98. The van der Waals surface area contributed by atoms with Crippen molar-refractivity contribution >= 4 is 43.2 Å². The van der Waals surface area contributed by atoms with Crippen molar-refractivity contribution in [2.24, 2.45) is 0 Å². The smallest absolute Gasteiger partial charge is 0.420 e. The number of phenolic OH excluding ortho intramolecular Hbond substituents is 1. The predicted molar refractivity (Wildman–Crippen MR) is 89.6 cm³/mol. The maximum Gasteiger partial charge on any atom is 0.420 e. The molecule has 0 amide bonds. The van der Waals surface area contributed by atoms with Crippen LogP contribution in [0.1, 0.15) is 5.56 Å². The van der Waals surface area contributed by atoms with Gasteiger partial charge in [0.25, 0.3) is 10.0 Å². The highest BCUT2D eigenvalue weighted by Gasteiger charge is 2.36. The number of ether oxygens (including phenoxy) is 1. The van der Waals surface area contributed by atoms with E-state index in [4.69, 9.17) is 11.6 Å². The second-order valence-electron chi connectivity index (χ2n) is 4.75. The Balaban J connectivity index is 2.50. The van der Waals surface area contributed by atoms with E-state index < -0.39 is 32.4 Å². The monoisotopic (exact) mass is 459 g/mol. The van der Waals surface area contributed by atoms with E-state index in [-0.39, 0.29) is 20.9 Å². The Labute approximate surface area is 154 Å². The topological polar surface area (TPSA) is 75.6 Å². The first-order chi connectivity index (χ1) is 11.5. The van der Waals surface area contributed by atoms with Crippen molar-refractivity contribution in [3.63, 3.8) is 0 Å². The molecular formula is C14H10BrClF3NO4S. The third-order valence-corrected chi connectivity index (χ3v) is 5.71. The number of sulfonamides is 1. The average Bonchev–Trinajstić information content (AvgIpc) is 2.49. The van der Waals surface area contributed by atoms with Crippen LogP contribution in [-0.2, 0) is 16.2 Å². The fourth-order valence-corrected chi connectivity index (χ4v) is 4.14. The molecule has 0 atom stereocenters. The van der Waals surface area contributed by atoms with Crippen LogP contribution in [0.3, 0.4) is 0 Å². The molecule has 0 heterocycles. The van der Waals surface area contributed by atoms with Gasteiger partial charge in [-0.25, -0.2) is 8.42 Å². The summed E-state index contributed by atoms with van der Waals surface area (Å²) in [5.74, 6) is -0.999. The molecule has 0 unspecified atom stereocenters. The second kappa shape index (κ2) is 6.93. The molecule has 0 bridgehead atoms. The van der Waals surface area contributed by atoms with E-state index in [0.717, 1.165) is 19.2 Å². The molecule has 2 N–H and O–H groups in total. The van der Waals surface area contributed by atoms with Crippen molar-refractivity contribution in [1.82, 2.24) is 0 Å². The molecule has 5 nitrogen and oxygen atoms in total. The molecule has 2 aromatic carbocycles. The van der Waals surface area contributed by atoms with Crippen LogP contribution >= 0.6 is 27.5 Å². The number of methoxy groups -OCH3 is 1. The van der Waals surface area contributed by atoms with Crippen LogP contribution in [0.25, 0.3) is 0 Å². The third kappa shape index (κ3) is 4.31. The zero-order valence-electron chi connectivity index (χ0n) is 12.4. The number of hydrogen-bond donors (Lipinski definition) is 2. The number of hydrogen-bond acceptors (Lipinski definition) is 4. The zero-order chi connectivity index (χ0) is 19.0. The van der Waals surface area contributed by atoms with Crippen LogP contribution in [0, 0.1) is 0 Å². The summed E-state index contributed by atoms with van der Waals surface area (Å²) < 4.78 is 70.3. The summed E-state index contributed by atoms with van der Waals surface area (Å²) in [4.78, 5) is -0.466. The van der Waals surface area contributed by atoms with Crippen LogP contribution in [0.15, 0.2) is 39.7 Å². The lowest BCUT2D eigenvalue weighted by Crippen LogP contribution is -2.15. The fourth-order valence-electron chi connectivity index (χ4n) is 1.92. The van der Waals surface area contributed by atoms with Crippen molar-refractivity contribution in [2.75, 3.05) is 11.8 Å². The Morgan fingerprint density at radius 1 is 1.24 bits per heavy atom. The SMILES string of the molecule is COc1cc(S(=O)(=O)Nc2ccc(Cl)c(O)c2)c(Br)cc1C(F)(F)F. The molecule has 0 aliphatic heterocycles. The first-order valence-corrected chi connectivity index (χ1v) is 9.07. The summed E-state index contributed by atoms with van der Waals surface area (Å²) in [7, 11) is -3.27. The second-order valence-corrected chi connectivity index (χ2v) is 7.66. The number of nitrogens with one attached hydrogen (secondary N) is 1. The normalized spacial score (nSPS) is 12.1. The van der Waals surface area contributed by atoms with Crippen LogP contribution in [0.2, 0.25) is 5.02 Å².